The standard InChI is InChI=1S/C19H20N4O2/c20-12-22-9-7-17(8-10-22)23(16-5-6-16)19(24)15-3-1-14(2-4-15)18-11-21-13-25-18/h1-4,11,13,16-17H,5-10H2. The second kappa shape index (κ2) is 6.60. The molecule has 25 heavy (non-hydrogen) atoms. The van der Waals surface area contributed by atoms with Crippen LogP contribution in [0.15, 0.2) is 41.3 Å². The second-order valence-corrected chi connectivity index (χ2v) is 6.70. The first kappa shape index (κ1) is 15.7. The molecule has 4 rings (SSSR count). The molecule has 2 aromatic rings. The van der Waals surface area contributed by atoms with Crippen LogP contribution in [0.25, 0.3) is 11.3 Å². The smallest absolute Gasteiger partial charge is 0.254 e. The van der Waals surface area contributed by atoms with Crippen molar-refractivity contribution in [1.29, 1.82) is 5.26 Å². The average Bonchev–Trinajstić information content (AvgIpc) is 3.34. The SMILES string of the molecule is N#CN1CCC(N(C(=O)c2ccc(-c3cnco3)cc2)C2CC2)CC1. The molecule has 2 fully saturated rings. The number of carbonyl (C=O) groups excluding carboxylic acids is 1. The largest absolute Gasteiger partial charge is 0.444 e. The quantitative estimate of drug-likeness (QED) is 0.803. The molecule has 1 saturated heterocycles. The number of amides is 1. The summed E-state index contributed by atoms with van der Waals surface area (Å²) in [5, 5.41) is 9.01. The summed E-state index contributed by atoms with van der Waals surface area (Å²) in [5.74, 6) is 0.795. The second-order valence-electron chi connectivity index (χ2n) is 6.70. The predicted octanol–water partition coefficient (Wildman–Crippen LogP) is 2.89. The molecule has 0 atom stereocenters. The summed E-state index contributed by atoms with van der Waals surface area (Å²) in [6.45, 7) is 1.48. The van der Waals surface area contributed by atoms with Gasteiger partial charge in [-0.3, -0.25) is 4.79 Å². The van der Waals surface area contributed by atoms with Gasteiger partial charge in [0.1, 0.15) is 0 Å². The van der Waals surface area contributed by atoms with Crippen LogP contribution in [0, 0.1) is 11.5 Å². The van der Waals surface area contributed by atoms with Gasteiger partial charge in [-0.25, -0.2) is 4.98 Å². The Morgan fingerprint density at radius 3 is 2.40 bits per heavy atom. The summed E-state index contributed by atoms with van der Waals surface area (Å²) < 4.78 is 5.29. The number of nitriles is 1. The minimum atomic E-state index is 0.0991. The van der Waals surface area contributed by atoms with Gasteiger partial charge in [0, 0.05) is 36.3 Å². The molecule has 1 aliphatic heterocycles. The van der Waals surface area contributed by atoms with Gasteiger partial charge in [-0.05, 0) is 37.8 Å². The van der Waals surface area contributed by atoms with Crippen LogP contribution in [0.2, 0.25) is 0 Å². The Morgan fingerprint density at radius 2 is 1.84 bits per heavy atom. The number of rotatable bonds is 4. The van der Waals surface area contributed by atoms with E-state index >= 15 is 0 Å². The maximum absolute atomic E-state index is 13.1. The van der Waals surface area contributed by atoms with Gasteiger partial charge in [-0.1, -0.05) is 12.1 Å². The van der Waals surface area contributed by atoms with Gasteiger partial charge in [-0.2, -0.15) is 5.26 Å². The maximum atomic E-state index is 13.1. The van der Waals surface area contributed by atoms with Crippen molar-refractivity contribution in [1.82, 2.24) is 14.8 Å². The first-order chi connectivity index (χ1) is 12.3. The number of piperidine rings is 1. The number of hydrogen-bond acceptors (Lipinski definition) is 5. The van der Waals surface area contributed by atoms with Gasteiger partial charge >= 0.3 is 0 Å². The number of benzene rings is 1. The van der Waals surface area contributed by atoms with Crippen molar-refractivity contribution in [2.24, 2.45) is 0 Å². The van der Waals surface area contributed by atoms with Crippen LogP contribution in [-0.2, 0) is 0 Å². The highest BCUT2D eigenvalue weighted by atomic mass is 16.3. The lowest BCUT2D eigenvalue weighted by Crippen LogP contribution is -2.47. The molecule has 1 amide bonds. The van der Waals surface area contributed by atoms with E-state index in [1.165, 1.54) is 6.39 Å². The van der Waals surface area contributed by atoms with E-state index in [4.69, 9.17) is 9.68 Å². The number of carbonyl (C=O) groups is 1. The lowest BCUT2D eigenvalue weighted by molar-refractivity contribution is 0.0585. The molecule has 6 heteroatoms. The summed E-state index contributed by atoms with van der Waals surface area (Å²) in [5.41, 5.74) is 1.62. The first-order valence-corrected chi connectivity index (χ1v) is 8.72. The van der Waals surface area contributed by atoms with Crippen molar-refractivity contribution >= 4 is 5.91 Å². The monoisotopic (exact) mass is 336 g/mol. The molecule has 2 heterocycles. The molecule has 1 aliphatic carbocycles. The molecular weight excluding hydrogens is 316 g/mol. The zero-order valence-corrected chi connectivity index (χ0v) is 14.0. The highest BCUT2D eigenvalue weighted by molar-refractivity contribution is 5.95. The van der Waals surface area contributed by atoms with E-state index in [1.807, 2.05) is 24.3 Å². The van der Waals surface area contributed by atoms with Crippen molar-refractivity contribution in [3.05, 3.63) is 42.4 Å². The van der Waals surface area contributed by atoms with E-state index in [-0.39, 0.29) is 11.9 Å². The Bertz CT molecular complexity index is 767. The Morgan fingerprint density at radius 1 is 1.16 bits per heavy atom. The summed E-state index contributed by atoms with van der Waals surface area (Å²) >= 11 is 0. The van der Waals surface area contributed by atoms with Crippen LogP contribution >= 0.6 is 0 Å². The minimum absolute atomic E-state index is 0.0991. The van der Waals surface area contributed by atoms with E-state index < -0.39 is 0 Å². The van der Waals surface area contributed by atoms with E-state index in [0.29, 0.717) is 17.4 Å². The first-order valence-electron chi connectivity index (χ1n) is 8.72. The van der Waals surface area contributed by atoms with Crippen LogP contribution in [-0.4, -0.2) is 45.9 Å². The van der Waals surface area contributed by atoms with Crippen molar-refractivity contribution in [2.75, 3.05) is 13.1 Å². The van der Waals surface area contributed by atoms with Crippen molar-refractivity contribution in [3.8, 4) is 17.5 Å². The van der Waals surface area contributed by atoms with E-state index in [0.717, 1.165) is 44.3 Å². The summed E-state index contributed by atoms with van der Waals surface area (Å²) in [7, 11) is 0. The molecule has 0 unspecified atom stereocenters. The third-order valence-corrected chi connectivity index (χ3v) is 5.02. The molecule has 0 N–H and O–H groups in total. The van der Waals surface area contributed by atoms with Crippen molar-refractivity contribution in [2.45, 2.75) is 37.8 Å². The van der Waals surface area contributed by atoms with Gasteiger partial charge in [-0.15, -0.1) is 0 Å². The van der Waals surface area contributed by atoms with Crippen LogP contribution in [0.3, 0.4) is 0 Å². The number of nitrogens with zero attached hydrogens (tertiary/aromatic N) is 4. The number of hydrogen-bond donors (Lipinski definition) is 0. The van der Waals surface area contributed by atoms with Crippen LogP contribution in [0.5, 0.6) is 0 Å². The minimum Gasteiger partial charge on any atom is -0.444 e. The number of aromatic nitrogens is 1. The maximum Gasteiger partial charge on any atom is 0.254 e. The lowest BCUT2D eigenvalue weighted by Gasteiger charge is -2.37. The third kappa shape index (κ3) is 3.22. The molecule has 128 valence electrons. The molecule has 0 bridgehead atoms. The predicted molar refractivity (Wildman–Crippen MR) is 91.3 cm³/mol. The summed E-state index contributed by atoms with van der Waals surface area (Å²) in [6, 6.07) is 8.12. The fraction of sp³-hybridized carbons (Fsp3) is 0.421. The normalized spacial score (nSPS) is 18.0. The fourth-order valence-corrected chi connectivity index (χ4v) is 3.51. The molecule has 6 nitrogen and oxygen atoms in total. The number of likely N-dealkylation sites (tertiary alicyclic amines) is 1. The Hall–Kier alpha value is -2.81. The van der Waals surface area contributed by atoms with Gasteiger partial charge < -0.3 is 14.2 Å². The zero-order valence-electron chi connectivity index (χ0n) is 14.0. The molecule has 0 radical (unpaired) electrons. The summed E-state index contributed by atoms with van der Waals surface area (Å²) in [6.07, 6.45) is 9.17. The molecule has 1 aromatic carbocycles. The van der Waals surface area contributed by atoms with Crippen molar-refractivity contribution in [3.63, 3.8) is 0 Å². The number of oxazole rings is 1. The molecular formula is C19H20N4O2. The molecule has 1 saturated carbocycles. The fourth-order valence-electron chi connectivity index (χ4n) is 3.51. The van der Waals surface area contributed by atoms with E-state index in [9.17, 15) is 4.79 Å². The zero-order chi connectivity index (χ0) is 17.2. The van der Waals surface area contributed by atoms with Crippen LogP contribution < -0.4 is 0 Å². The van der Waals surface area contributed by atoms with Gasteiger partial charge in [0.2, 0.25) is 0 Å². The van der Waals surface area contributed by atoms with E-state index in [2.05, 4.69) is 16.1 Å². The van der Waals surface area contributed by atoms with Gasteiger partial charge in [0.05, 0.1) is 6.20 Å². The van der Waals surface area contributed by atoms with Crippen LogP contribution in [0.4, 0.5) is 0 Å². The van der Waals surface area contributed by atoms with E-state index in [1.54, 1.807) is 11.1 Å². The van der Waals surface area contributed by atoms with Crippen molar-refractivity contribution < 1.29 is 9.21 Å². The van der Waals surface area contributed by atoms with Crippen LogP contribution in [0.1, 0.15) is 36.0 Å². The highest BCUT2D eigenvalue weighted by Crippen LogP contribution is 2.33. The summed E-state index contributed by atoms with van der Waals surface area (Å²) in [4.78, 5) is 20.9. The van der Waals surface area contributed by atoms with Gasteiger partial charge in [0.15, 0.2) is 18.3 Å². The highest BCUT2D eigenvalue weighted by Gasteiger charge is 2.38. The molecule has 1 aromatic heterocycles. The average molecular weight is 336 g/mol. The molecule has 2 aliphatic rings. The molecule has 0 spiro atoms. The topological polar surface area (TPSA) is 73.4 Å². The Labute approximate surface area is 146 Å². The van der Waals surface area contributed by atoms with Gasteiger partial charge in [0.25, 0.3) is 5.91 Å². The Kier molecular flexibility index (Phi) is 4.14. The lowest BCUT2D eigenvalue weighted by atomic mass is 10.0. The Balaban J connectivity index is 1.50. The third-order valence-electron chi connectivity index (χ3n) is 5.02.